The first-order valence-electron chi connectivity index (χ1n) is 17.8. The van der Waals surface area contributed by atoms with Gasteiger partial charge in [-0.15, -0.1) is 22.7 Å². The van der Waals surface area contributed by atoms with Crippen molar-refractivity contribution in [1.29, 1.82) is 0 Å². The monoisotopic (exact) mass is 698 g/mol. The van der Waals surface area contributed by atoms with Gasteiger partial charge in [-0.25, -0.2) is 9.97 Å². The molecule has 0 saturated heterocycles. The quantitative estimate of drug-likeness (QED) is 0.183. The first-order valence-corrected chi connectivity index (χ1v) is 19.4. The topological polar surface area (TPSA) is 25.8 Å². The Morgan fingerprint density at radius 3 is 1.46 bits per heavy atom. The van der Waals surface area contributed by atoms with Crippen molar-refractivity contribution in [2.75, 3.05) is 0 Å². The zero-order valence-corrected chi connectivity index (χ0v) is 29.8. The van der Waals surface area contributed by atoms with Crippen LogP contribution in [0.4, 0.5) is 0 Å². The Hall–Kier alpha value is -5.94. The number of benzene rings is 8. The van der Waals surface area contributed by atoms with Crippen LogP contribution < -0.4 is 0 Å². The van der Waals surface area contributed by atoms with E-state index < -0.39 is 0 Å². The summed E-state index contributed by atoms with van der Waals surface area (Å²) in [5.74, 6) is 0. The lowest BCUT2D eigenvalue weighted by molar-refractivity contribution is 0.991. The van der Waals surface area contributed by atoms with Gasteiger partial charge in [-0.05, 0) is 127 Å². The molecule has 0 radical (unpaired) electrons. The molecular weight excluding hydrogens is 669 g/mol. The van der Waals surface area contributed by atoms with Crippen molar-refractivity contribution in [3.8, 4) is 43.4 Å². The van der Waals surface area contributed by atoms with Crippen LogP contribution in [0.15, 0.2) is 152 Å². The summed E-state index contributed by atoms with van der Waals surface area (Å²) >= 11 is 3.51. The number of fused-ring (bicyclic) bond motifs is 6. The molecule has 10 aromatic rings. The molecule has 11 rings (SSSR count). The van der Waals surface area contributed by atoms with Crippen LogP contribution in [0.1, 0.15) is 17.5 Å². The van der Waals surface area contributed by atoms with Gasteiger partial charge in [0.05, 0.1) is 20.4 Å². The first kappa shape index (κ1) is 29.8. The van der Waals surface area contributed by atoms with E-state index in [4.69, 9.17) is 9.97 Å². The number of hydrogen-bond donors (Lipinski definition) is 0. The van der Waals surface area contributed by atoms with Gasteiger partial charge in [0.2, 0.25) is 0 Å². The molecule has 244 valence electrons. The Kier molecular flexibility index (Phi) is 6.76. The van der Waals surface area contributed by atoms with E-state index in [1.165, 1.54) is 86.2 Å². The molecule has 0 fully saturated rings. The summed E-state index contributed by atoms with van der Waals surface area (Å²) in [6.07, 6.45) is 6.78. The smallest absolute Gasteiger partial charge is 0.124 e. The van der Waals surface area contributed by atoms with Gasteiger partial charge in [0, 0.05) is 11.1 Å². The van der Waals surface area contributed by atoms with Crippen LogP contribution in [0.5, 0.6) is 0 Å². The number of allylic oxidation sites excluding steroid dienone is 1. The van der Waals surface area contributed by atoms with Crippen molar-refractivity contribution in [3.63, 3.8) is 0 Å². The Morgan fingerprint density at radius 2 is 0.904 bits per heavy atom. The van der Waals surface area contributed by atoms with E-state index in [1.54, 1.807) is 22.7 Å². The highest BCUT2D eigenvalue weighted by molar-refractivity contribution is 7.22. The molecule has 8 aromatic carbocycles. The van der Waals surface area contributed by atoms with Crippen LogP contribution in [0.2, 0.25) is 0 Å². The van der Waals surface area contributed by atoms with Crippen LogP contribution in [0, 0.1) is 0 Å². The lowest BCUT2D eigenvalue weighted by Crippen LogP contribution is -2.02. The summed E-state index contributed by atoms with van der Waals surface area (Å²) in [4.78, 5) is 9.84. The molecule has 0 N–H and O–H groups in total. The van der Waals surface area contributed by atoms with Gasteiger partial charge in [-0.1, -0.05) is 109 Å². The number of thiazole rings is 2. The van der Waals surface area contributed by atoms with Gasteiger partial charge in [-0.2, -0.15) is 0 Å². The van der Waals surface area contributed by atoms with Crippen molar-refractivity contribution in [3.05, 3.63) is 163 Å². The van der Waals surface area contributed by atoms with E-state index in [0.29, 0.717) is 0 Å². The molecule has 0 atom stereocenters. The fraction of sp³-hybridized carbons (Fsp3) is 0.0417. The maximum absolute atomic E-state index is 4.92. The zero-order valence-electron chi connectivity index (χ0n) is 28.1. The summed E-state index contributed by atoms with van der Waals surface area (Å²) in [5, 5.41) is 9.68. The van der Waals surface area contributed by atoms with Gasteiger partial charge in [-0.3, -0.25) is 0 Å². The molecule has 0 amide bonds. The van der Waals surface area contributed by atoms with Gasteiger partial charge >= 0.3 is 0 Å². The fourth-order valence-electron chi connectivity index (χ4n) is 8.09. The summed E-state index contributed by atoms with van der Waals surface area (Å²) in [7, 11) is 0. The zero-order chi connectivity index (χ0) is 34.2. The molecule has 0 saturated carbocycles. The van der Waals surface area contributed by atoms with Crippen LogP contribution in [0.25, 0.3) is 102 Å². The lowest BCUT2D eigenvalue weighted by atomic mass is 9.80. The second-order valence-electron chi connectivity index (χ2n) is 13.7. The standard InChI is InChI=1S/C48H30N2S2/c1-2-10-38-37(9-1)45(33-21-17-31-27-35(23-19-29(31)25-33)47-49-41-13-5-7-15-43(41)51-47)39-11-3-4-12-40(39)46(38)34-22-18-32-28-36(24-20-30(32)26-34)48-50-42-14-6-8-16-44(42)52-48/h1-3,5-11,13-28H,4,12H2. The molecule has 4 heteroatoms. The average molecular weight is 699 g/mol. The molecular formula is C48H30N2S2. The van der Waals surface area contributed by atoms with E-state index in [1.807, 2.05) is 0 Å². The van der Waals surface area contributed by atoms with Crippen molar-refractivity contribution >= 4 is 81.5 Å². The number of rotatable bonds is 4. The molecule has 1 aliphatic rings. The molecule has 2 nitrogen and oxygen atoms in total. The first-order chi connectivity index (χ1) is 25.7. The highest BCUT2D eigenvalue weighted by Crippen LogP contribution is 2.46. The minimum absolute atomic E-state index is 1.02. The normalized spacial score (nSPS) is 12.8. The van der Waals surface area contributed by atoms with Crippen molar-refractivity contribution in [2.45, 2.75) is 12.8 Å². The Labute approximate surface area is 309 Å². The van der Waals surface area contributed by atoms with E-state index in [2.05, 4.69) is 158 Å². The third kappa shape index (κ3) is 4.83. The van der Waals surface area contributed by atoms with Crippen LogP contribution in [-0.2, 0) is 6.42 Å². The highest BCUT2D eigenvalue weighted by atomic mass is 32.1. The molecule has 0 spiro atoms. The fourth-order valence-corrected chi connectivity index (χ4v) is 10.0. The van der Waals surface area contributed by atoms with E-state index in [9.17, 15) is 0 Å². The van der Waals surface area contributed by atoms with Crippen LogP contribution in [0.3, 0.4) is 0 Å². The summed E-state index contributed by atoms with van der Waals surface area (Å²) in [5.41, 5.74) is 12.4. The second kappa shape index (κ2) is 11.8. The highest BCUT2D eigenvalue weighted by Gasteiger charge is 2.22. The summed E-state index contributed by atoms with van der Waals surface area (Å²) in [6.45, 7) is 0. The largest absolute Gasteiger partial charge is 0.236 e. The van der Waals surface area contributed by atoms with Crippen molar-refractivity contribution in [2.24, 2.45) is 0 Å². The molecule has 0 bridgehead atoms. The molecule has 52 heavy (non-hydrogen) atoms. The SMILES string of the molecule is C1=Cc2c(c(-c3ccc4cc(-c5nc6ccccc6s5)ccc4c3)c3ccccc3c2-c2ccc3cc(-c4nc5ccccc5s4)ccc3c2)CC1. The minimum atomic E-state index is 1.02. The minimum Gasteiger partial charge on any atom is -0.236 e. The molecule has 2 heterocycles. The van der Waals surface area contributed by atoms with Crippen LogP contribution in [-0.4, -0.2) is 9.97 Å². The third-order valence-corrected chi connectivity index (χ3v) is 12.7. The number of aromatic nitrogens is 2. The maximum atomic E-state index is 4.92. The Balaban J connectivity index is 1.03. The summed E-state index contributed by atoms with van der Waals surface area (Å²) < 4.78 is 2.44. The van der Waals surface area contributed by atoms with Gasteiger partial charge < -0.3 is 0 Å². The third-order valence-electron chi connectivity index (χ3n) is 10.5. The molecule has 0 unspecified atom stereocenters. The average Bonchev–Trinajstić information content (AvgIpc) is 3.84. The van der Waals surface area contributed by atoms with Crippen molar-refractivity contribution < 1.29 is 0 Å². The second-order valence-corrected chi connectivity index (χ2v) is 15.7. The van der Waals surface area contributed by atoms with Crippen molar-refractivity contribution in [1.82, 2.24) is 9.97 Å². The van der Waals surface area contributed by atoms with E-state index in [0.717, 1.165) is 33.9 Å². The molecule has 2 aromatic heterocycles. The van der Waals surface area contributed by atoms with Gasteiger partial charge in [0.1, 0.15) is 10.0 Å². The van der Waals surface area contributed by atoms with Crippen LogP contribution >= 0.6 is 22.7 Å². The maximum Gasteiger partial charge on any atom is 0.124 e. The molecule has 0 aliphatic heterocycles. The lowest BCUT2D eigenvalue weighted by Gasteiger charge is -2.24. The van der Waals surface area contributed by atoms with E-state index >= 15 is 0 Å². The number of para-hydroxylation sites is 2. The predicted molar refractivity (Wildman–Crippen MR) is 224 cm³/mol. The number of nitrogens with zero attached hydrogens (tertiary/aromatic N) is 2. The van der Waals surface area contributed by atoms with E-state index in [-0.39, 0.29) is 0 Å². The summed E-state index contributed by atoms with van der Waals surface area (Å²) in [6, 6.07) is 53.3. The number of hydrogen-bond acceptors (Lipinski definition) is 4. The molecule has 1 aliphatic carbocycles. The van der Waals surface area contributed by atoms with Gasteiger partial charge in [0.15, 0.2) is 0 Å². The predicted octanol–water partition coefficient (Wildman–Crippen LogP) is 14.0. The Bertz CT molecular complexity index is 3020. The van der Waals surface area contributed by atoms with Gasteiger partial charge in [0.25, 0.3) is 0 Å². The Morgan fingerprint density at radius 1 is 0.442 bits per heavy atom.